The van der Waals surface area contributed by atoms with E-state index in [4.69, 9.17) is 10.5 Å². The average molecular weight is 298 g/mol. The van der Waals surface area contributed by atoms with Gasteiger partial charge in [0.05, 0.1) is 16.3 Å². The summed E-state index contributed by atoms with van der Waals surface area (Å²) in [7, 11) is -3.39. The highest BCUT2D eigenvalue weighted by atomic mass is 32.2. The van der Waals surface area contributed by atoms with Crippen LogP contribution in [0.25, 0.3) is 0 Å². The Kier molecular flexibility index (Phi) is 3.75. The monoisotopic (exact) mass is 298 g/mol. The van der Waals surface area contributed by atoms with Crippen LogP contribution in [0.3, 0.4) is 0 Å². The van der Waals surface area contributed by atoms with Gasteiger partial charge in [0.1, 0.15) is 5.75 Å². The fourth-order valence-electron chi connectivity index (χ4n) is 1.87. The van der Waals surface area contributed by atoms with Gasteiger partial charge >= 0.3 is 0 Å². The zero-order chi connectivity index (χ0) is 15.0. The molecule has 1 heterocycles. The molecule has 1 aliphatic rings. The minimum absolute atomic E-state index is 0.0113. The fraction of sp³-hybridized carbons (Fsp3) is 0.462. The molecule has 0 aromatic heterocycles. The van der Waals surface area contributed by atoms with E-state index < -0.39 is 15.4 Å². The number of sulfone groups is 1. The molecule has 0 saturated heterocycles. The van der Waals surface area contributed by atoms with Crippen molar-refractivity contribution in [3.63, 3.8) is 0 Å². The van der Waals surface area contributed by atoms with E-state index in [1.165, 1.54) is 12.1 Å². The zero-order valence-corrected chi connectivity index (χ0v) is 12.3. The van der Waals surface area contributed by atoms with Crippen molar-refractivity contribution < 1.29 is 17.9 Å². The topological polar surface area (TPSA) is 98.5 Å². The molecule has 1 aromatic carbocycles. The Morgan fingerprint density at radius 3 is 2.70 bits per heavy atom. The van der Waals surface area contributed by atoms with Crippen LogP contribution >= 0.6 is 0 Å². The maximum Gasteiger partial charge on any atom is 0.268 e. The molecule has 0 atom stereocenters. The van der Waals surface area contributed by atoms with Crippen LogP contribution in [0.5, 0.6) is 5.75 Å². The quantitative estimate of drug-likeness (QED) is 0.861. The second kappa shape index (κ2) is 5.06. The molecule has 0 radical (unpaired) electrons. The number of hydrogen-bond acceptors (Lipinski definition) is 5. The Bertz CT molecular complexity index is 638. The lowest BCUT2D eigenvalue weighted by Gasteiger charge is -2.31. The summed E-state index contributed by atoms with van der Waals surface area (Å²) in [4.78, 5) is 12.0. The number of benzene rings is 1. The lowest BCUT2D eigenvalue weighted by molar-refractivity contribution is -0.129. The van der Waals surface area contributed by atoms with E-state index in [-0.39, 0.29) is 16.6 Å². The van der Waals surface area contributed by atoms with Gasteiger partial charge in [-0.25, -0.2) is 8.42 Å². The summed E-state index contributed by atoms with van der Waals surface area (Å²) in [5.74, 6) is 0.150. The molecule has 20 heavy (non-hydrogen) atoms. The molecule has 0 unspecified atom stereocenters. The summed E-state index contributed by atoms with van der Waals surface area (Å²) in [5.41, 5.74) is 4.74. The predicted octanol–water partition coefficient (Wildman–Crippen LogP) is 0.919. The van der Waals surface area contributed by atoms with Gasteiger partial charge in [0.2, 0.25) is 0 Å². The third-order valence-corrected chi connectivity index (χ3v) is 4.89. The third kappa shape index (κ3) is 2.78. The van der Waals surface area contributed by atoms with Crippen LogP contribution < -0.4 is 15.8 Å². The van der Waals surface area contributed by atoms with E-state index in [1.54, 1.807) is 19.9 Å². The number of rotatable bonds is 4. The van der Waals surface area contributed by atoms with E-state index in [9.17, 15) is 13.2 Å². The molecule has 7 heteroatoms. The first-order valence-corrected chi connectivity index (χ1v) is 7.99. The predicted molar refractivity (Wildman–Crippen MR) is 75.5 cm³/mol. The molecule has 110 valence electrons. The summed E-state index contributed by atoms with van der Waals surface area (Å²) in [5, 5.41) is 2.67. The van der Waals surface area contributed by atoms with Crippen molar-refractivity contribution in [1.29, 1.82) is 0 Å². The van der Waals surface area contributed by atoms with E-state index in [0.29, 0.717) is 24.4 Å². The van der Waals surface area contributed by atoms with Crippen LogP contribution in [-0.4, -0.2) is 32.2 Å². The summed E-state index contributed by atoms with van der Waals surface area (Å²) in [6.45, 7) is 3.62. The minimum Gasteiger partial charge on any atom is -0.476 e. The summed E-state index contributed by atoms with van der Waals surface area (Å²) in [6.07, 6.45) is 0.398. The van der Waals surface area contributed by atoms with Gasteiger partial charge in [-0.05, 0) is 45.0 Å². The molecule has 1 aliphatic heterocycles. The lowest BCUT2D eigenvalue weighted by Crippen LogP contribution is -2.45. The molecule has 1 amide bonds. The largest absolute Gasteiger partial charge is 0.476 e. The van der Waals surface area contributed by atoms with Gasteiger partial charge in [0.15, 0.2) is 15.4 Å². The molecule has 6 nitrogen and oxygen atoms in total. The van der Waals surface area contributed by atoms with Crippen LogP contribution in [-0.2, 0) is 14.6 Å². The average Bonchev–Trinajstić information content (AvgIpc) is 2.37. The molecular weight excluding hydrogens is 280 g/mol. The molecule has 0 aliphatic carbocycles. The van der Waals surface area contributed by atoms with Crippen molar-refractivity contribution >= 4 is 21.4 Å². The lowest BCUT2D eigenvalue weighted by atomic mass is 10.1. The number of carbonyl (C=O) groups excluding carboxylic acids is 1. The highest BCUT2D eigenvalue weighted by molar-refractivity contribution is 7.91. The normalized spacial score (nSPS) is 17.1. The van der Waals surface area contributed by atoms with Crippen molar-refractivity contribution in [2.24, 2.45) is 5.73 Å². The molecule has 0 fully saturated rings. The molecule has 1 aromatic rings. The number of carbonyl (C=O) groups is 1. The van der Waals surface area contributed by atoms with E-state index in [0.717, 1.165) is 0 Å². The van der Waals surface area contributed by atoms with Crippen molar-refractivity contribution in [1.82, 2.24) is 0 Å². The SMILES string of the molecule is CC1(C)Oc2ccc(S(=O)(=O)CCCN)cc2NC1=O. The highest BCUT2D eigenvalue weighted by Gasteiger charge is 2.35. The van der Waals surface area contributed by atoms with Crippen molar-refractivity contribution in [3.8, 4) is 5.75 Å². The van der Waals surface area contributed by atoms with Crippen molar-refractivity contribution in [2.45, 2.75) is 30.8 Å². The van der Waals surface area contributed by atoms with Gasteiger partial charge in [-0.15, -0.1) is 0 Å². The fourth-order valence-corrected chi connectivity index (χ4v) is 3.23. The zero-order valence-electron chi connectivity index (χ0n) is 11.5. The van der Waals surface area contributed by atoms with Gasteiger partial charge in [-0.1, -0.05) is 0 Å². The highest BCUT2D eigenvalue weighted by Crippen LogP contribution is 2.35. The van der Waals surface area contributed by atoms with Gasteiger partial charge in [0, 0.05) is 0 Å². The van der Waals surface area contributed by atoms with Crippen LogP contribution in [0, 0.1) is 0 Å². The maximum atomic E-state index is 12.1. The number of fused-ring (bicyclic) bond motifs is 1. The number of nitrogens with two attached hydrogens (primary N) is 1. The van der Waals surface area contributed by atoms with Gasteiger partial charge < -0.3 is 15.8 Å². The molecule has 3 N–H and O–H groups in total. The minimum atomic E-state index is -3.39. The molecular formula is C13H18N2O4S. The molecule has 0 saturated carbocycles. The van der Waals surface area contributed by atoms with Crippen LogP contribution in [0.2, 0.25) is 0 Å². The summed E-state index contributed by atoms with van der Waals surface area (Å²) >= 11 is 0. The summed E-state index contributed by atoms with van der Waals surface area (Å²) in [6, 6.07) is 4.47. The standard InChI is InChI=1S/C13H18N2O4S/c1-13(2)12(16)15-10-8-9(4-5-11(10)19-13)20(17,18)7-3-6-14/h4-5,8H,3,6-7,14H2,1-2H3,(H,15,16). The maximum absolute atomic E-state index is 12.1. The number of amides is 1. The number of anilines is 1. The molecule has 0 bridgehead atoms. The van der Waals surface area contributed by atoms with Gasteiger partial charge in [0.25, 0.3) is 5.91 Å². The smallest absolute Gasteiger partial charge is 0.268 e. The first kappa shape index (κ1) is 14.8. The summed E-state index contributed by atoms with van der Waals surface area (Å²) < 4.78 is 29.7. The Morgan fingerprint density at radius 1 is 1.35 bits per heavy atom. The van der Waals surface area contributed by atoms with E-state index >= 15 is 0 Å². The third-order valence-electron chi connectivity index (χ3n) is 3.09. The number of nitrogens with one attached hydrogen (secondary N) is 1. The van der Waals surface area contributed by atoms with Crippen LogP contribution in [0.1, 0.15) is 20.3 Å². The van der Waals surface area contributed by atoms with E-state index in [2.05, 4.69) is 5.32 Å². The molecule has 2 rings (SSSR count). The van der Waals surface area contributed by atoms with Gasteiger partial charge in [-0.2, -0.15) is 0 Å². The van der Waals surface area contributed by atoms with Gasteiger partial charge in [-0.3, -0.25) is 4.79 Å². The first-order valence-electron chi connectivity index (χ1n) is 6.33. The van der Waals surface area contributed by atoms with Crippen LogP contribution in [0.15, 0.2) is 23.1 Å². The number of hydrogen-bond donors (Lipinski definition) is 2. The Balaban J connectivity index is 2.34. The number of ether oxygens (including phenoxy) is 1. The Hall–Kier alpha value is -1.60. The Morgan fingerprint density at radius 2 is 2.05 bits per heavy atom. The Labute approximate surface area is 118 Å². The first-order chi connectivity index (χ1) is 9.26. The second-order valence-electron chi connectivity index (χ2n) is 5.19. The van der Waals surface area contributed by atoms with Crippen molar-refractivity contribution in [3.05, 3.63) is 18.2 Å². The van der Waals surface area contributed by atoms with E-state index in [1.807, 2.05) is 0 Å². The molecule has 0 spiro atoms. The van der Waals surface area contributed by atoms with Crippen molar-refractivity contribution in [2.75, 3.05) is 17.6 Å². The van der Waals surface area contributed by atoms with Crippen LogP contribution in [0.4, 0.5) is 5.69 Å². The second-order valence-corrected chi connectivity index (χ2v) is 7.29.